The number of aryl methyl sites for hydroxylation is 1. The van der Waals surface area contributed by atoms with Gasteiger partial charge in [-0.2, -0.15) is 0 Å². The molecule has 1 aromatic carbocycles. The van der Waals surface area contributed by atoms with Gasteiger partial charge in [0.15, 0.2) is 0 Å². The van der Waals surface area contributed by atoms with Gasteiger partial charge in [0.1, 0.15) is 18.0 Å². The van der Waals surface area contributed by atoms with Crippen LogP contribution in [0.3, 0.4) is 0 Å². The molecule has 1 aliphatic rings. The van der Waals surface area contributed by atoms with Crippen molar-refractivity contribution in [3.05, 3.63) is 29.8 Å². The van der Waals surface area contributed by atoms with Crippen LogP contribution in [0.4, 0.5) is 4.39 Å². The minimum absolute atomic E-state index is 0.000231. The van der Waals surface area contributed by atoms with E-state index < -0.39 is 18.1 Å². The molecule has 2 rings (SSSR count). The molecule has 1 fully saturated rings. The second-order valence-electron chi connectivity index (χ2n) is 5.15. The summed E-state index contributed by atoms with van der Waals surface area (Å²) in [6.45, 7) is -0.0510. The Morgan fingerprint density at radius 2 is 2.24 bits per heavy atom. The Labute approximate surface area is 122 Å². The van der Waals surface area contributed by atoms with Crippen molar-refractivity contribution in [3.8, 4) is 5.75 Å². The number of methoxy groups -OCH3 is 1. The number of alkyl halides is 1. The van der Waals surface area contributed by atoms with Gasteiger partial charge in [0.2, 0.25) is 11.8 Å². The summed E-state index contributed by atoms with van der Waals surface area (Å²) in [4.78, 5) is 24.7. The lowest BCUT2D eigenvalue weighted by molar-refractivity contribution is -0.137. The zero-order valence-corrected chi connectivity index (χ0v) is 11.9. The number of rotatable bonds is 5. The van der Waals surface area contributed by atoms with Gasteiger partial charge in [0.25, 0.3) is 0 Å². The third kappa shape index (κ3) is 3.71. The van der Waals surface area contributed by atoms with Crippen LogP contribution in [0.15, 0.2) is 24.3 Å². The summed E-state index contributed by atoms with van der Waals surface area (Å²) in [6.07, 6.45) is -0.456. The van der Waals surface area contributed by atoms with Gasteiger partial charge in [0, 0.05) is 12.8 Å². The van der Waals surface area contributed by atoms with Crippen LogP contribution in [0.2, 0.25) is 0 Å². The Kier molecular flexibility index (Phi) is 4.77. The lowest BCUT2D eigenvalue weighted by Crippen LogP contribution is -2.43. The maximum absolute atomic E-state index is 13.4. The van der Waals surface area contributed by atoms with Gasteiger partial charge in [-0.25, -0.2) is 4.39 Å². The van der Waals surface area contributed by atoms with Crippen LogP contribution in [0.1, 0.15) is 18.4 Å². The average molecular weight is 294 g/mol. The SMILES string of the molecule is COc1cccc(CCC(=O)N2C[C@H](F)C[C@H]2C(N)=O)c1. The smallest absolute Gasteiger partial charge is 0.240 e. The summed E-state index contributed by atoms with van der Waals surface area (Å²) in [5, 5.41) is 0. The molecule has 1 aliphatic heterocycles. The molecular weight excluding hydrogens is 275 g/mol. The molecule has 1 aromatic rings. The van der Waals surface area contributed by atoms with Crippen molar-refractivity contribution in [3.63, 3.8) is 0 Å². The highest BCUT2D eigenvalue weighted by Crippen LogP contribution is 2.22. The van der Waals surface area contributed by atoms with Crippen molar-refractivity contribution < 1.29 is 18.7 Å². The number of nitrogens with two attached hydrogens (primary N) is 1. The fraction of sp³-hybridized carbons (Fsp3) is 0.467. The summed E-state index contributed by atoms with van der Waals surface area (Å²) < 4.78 is 18.5. The molecule has 1 saturated heterocycles. The normalized spacial score (nSPS) is 21.3. The summed E-state index contributed by atoms with van der Waals surface area (Å²) in [5.74, 6) is -0.174. The summed E-state index contributed by atoms with van der Waals surface area (Å²) in [6, 6.07) is 6.59. The number of benzene rings is 1. The van der Waals surface area contributed by atoms with E-state index in [0.717, 1.165) is 11.3 Å². The number of hydrogen-bond acceptors (Lipinski definition) is 3. The molecule has 2 N–H and O–H groups in total. The first kappa shape index (κ1) is 15.3. The molecule has 0 aromatic heterocycles. The second-order valence-corrected chi connectivity index (χ2v) is 5.15. The highest BCUT2D eigenvalue weighted by atomic mass is 19.1. The lowest BCUT2D eigenvalue weighted by atomic mass is 10.1. The maximum Gasteiger partial charge on any atom is 0.240 e. The average Bonchev–Trinajstić information content (AvgIpc) is 2.87. The first-order valence-electron chi connectivity index (χ1n) is 6.87. The van der Waals surface area contributed by atoms with Crippen LogP contribution >= 0.6 is 0 Å². The summed E-state index contributed by atoms with van der Waals surface area (Å²) in [7, 11) is 1.58. The Morgan fingerprint density at radius 3 is 2.90 bits per heavy atom. The largest absolute Gasteiger partial charge is 0.497 e. The van der Waals surface area contributed by atoms with Gasteiger partial charge in [-0.15, -0.1) is 0 Å². The van der Waals surface area contributed by atoms with Crippen molar-refractivity contribution in [2.75, 3.05) is 13.7 Å². The van der Waals surface area contributed by atoms with E-state index in [1.807, 2.05) is 24.3 Å². The van der Waals surface area contributed by atoms with E-state index >= 15 is 0 Å². The Morgan fingerprint density at radius 1 is 1.48 bits per heavy atom. The monoisotopic (exact) mass is 294 g/mol. The molecule has 6 heteroatoms. The molecule has 0 radical (unpaired) electrons. The zero-order valence-electron chi connectivity index (χ0n) is 11.9. The Balaban J connectivity index is 1.96. The molecule has 0 bridgehead atoms. The quantitative estimate of drug-likeness (QED) is 0.882. The first-order chi connectivity index (χ1) is 10.0. The third-order valence-corrected chi connectivity index (χ3v) is 3.66. The number of nitrogens with zero attached hydrogens (tertiary/aromatic N) is 1. The van der Waals surface area contributed by atoms with Crippen LogP contribution in [0.25, 0.3) is 0 Å². The predicted molar refractivity (Wildman–Crippen MR) is 75.5 cm³/mol. The van der Waals surface area contributed by atoms with Crippen LogP contribution in [-0.4, -0.2) is 42.6 Å². The van der Waals surface area contributed by atoms with E-state index in [9.17, 15) is 14.0 Å². The van der Waals surface area contributed by atoms with Crippen LogP contribution in [-0.2, 0) is 16.0 Å². The van der Waals surface area contributed by atoms with E-state index in [1.54, 1.807) is 7.11 Å². The van der Waals surface area contributed by atoms with Crippen molar-refractivity contribution >= 4 is 11.8 Å². The molecule has 5 nitrogen and oxygen atoms in total. The van der Waals surface area contributed by atoms with Gasteiger partial charge >= 0.3 is 0 Å². The zero-order chi connectivity index (χ0) is 15.4. The molecular formula is C15H19FN2O3. The maximum atomic E-state index is 13.4. The summed E-state index contributed by atoms with van der Waals surface area (Å²) in [5.41, 5.74) is 6.17. The number of carbonyl (C=O) groups is 2. The summed E-state index contributed by atoms with van der Waals surface area (Å²) >= 11 is 0. The van der Waals surface area contributed by atoms with Crippen molar-refractivity contribution in [2.45, 2.75) is 31.5 Å². The first-order valence-corrected chi connectivity index (χ1v) is 6.87. The standard InChI is InChI=1S/C15H19FN2O3/c1-21-12-4-2-3-10(7-12)5-6-14(19)18-9-11(16)8-13(18)15(17)20/h2-4,7,11,13H,5-6,8-9H2,1H3,(H2,17,20)/t11-,13+/m1/s1. The number of likely N-dealkylation sites (tertiary alicyclic amines) is 1. The van der Waals surface area contributed by atoms with E-state index in [1.165, 1.54) is 4.90 Å². The predicted octanol–water partition coefficient (Wildman–Crippen LogP) is 1.05. The molecule has 0 aliphatic carbocycles. The molecule has 0 saturated carbocycles. The fourth-order valence-electron chi connectivity index (χ4n) is 2.55. The molecule has 1 heterocycles. The number of amides is 2. The van der Waals surface area contributed by atoms with Gasteiger partial charge in [-0.1, -0.05) is 12.1 Å². The van der Waals surface area contributed by atoms with E-state index in [2.05, 4.69) is 0 Å². The topological polar surface area (TPSA) is 72.6 Å². The van der Waals surface area contributed by atoms with Crippen molar-refractivity contribution in [1.82, 2.24) is 4.90 Å². The van der Waals surface area contributed by atoms with E-state index in [4.69, 9.17) is 10.5 Å². The molecule has 0 unspecified atom stereocenters. The van der Waals surface area contributed by atoms with Gasteiger partial charge < -0.3 is 15.4 Å². The number of ether oxygens (including phenoxy) is 1. The third-order valence-electron chi connectivity index (χ3n) is 3.66. The number of carbonyl (C=O) groups excluding carboxylic acids is 2. The molecule has 21 heavy (non-hydrogen) atoms. The van der Waals surface area contributed by atoms with Crippen LogP contribution in [0.5, 0.6) is 5.75 Å². The van der Waals surface area contributed by atoms with E-state index in [-0.39, 0.29) is 25.3 Å². The lowest BCUT2D eigenvalue weighted by Gasteiger charge is -2.21. The second kappa shape index (κ2) is 6.56. The molecule has 0 spiro atoms. The number of halogens is 1. The number of hydrogen-bond donors (Lipinski definition) is 1. The highest BCUT2D eigenvalue weighted by Gasteiger charge is 2.38. The number of primary amides is 1. The van der Waals surface area contributed by atoms with Gasteiger partial charge in [-0.3, -0.25) is 9.59 Å². The van der Waals surface area contributed by atoms with Crippen molar-refractivity contribution in [1.29, 1.82) is 0 Å². The Bertz CT molecular complexity index is 535. The minimum atomic E-state index is -1.18. The fourth-order valence-corrected chi connectivity index (χ4v) is 2.55. The molecule has 2 atom stereocenters. The molecule has 114 valence electrons. The van der Waals surface area contributed by atoms with Gasteiger partial charge in [-0.05, 0) is 24.1 Å². The minimum Gasteiger partial charge on any atom is -0.497 e. The van der Waals surface area contributed by atoms with Crippen LogP contribution < -0.4 is 10.5 Å². The highest BCUT2D eigenvalue weighted by molar-refractivity contribution is 5.87. The van der Waals surface area contributed by atoms with Crippen LogP contribution in [0, 0.1) is 0 Å². The Hall–Kier alpha value is -2.11. The van der Waals surface area contributed by atoms with E-state index in [0.29, 0.717) is 6.42 Å². The molecule has 2 amide bonds. The van der Waals surface area contributed by atoms with Crippen molar-refractivity contribution in [2.24, 2.45) is 5.73 Å². The van der Waals surface area contributed by atoms with Gasteiger partial charge in [0.05, 0.1) is 13.7 Å².